The number of hydrogen-bond acceptors (Lipinski definition) is 2. The largest absolute Gasteiger partial charge is 0.347 e. The average molecular weight is 347 g/mol. The summed E-state index contributed by atoms with van der Waals surface area (Å²) >= 11 is 12.1. The lowest BCUT2D eigenvalue weighted by atomic mass is 10.1. The average Bonchev–Trinajstić information content (AvgIpc) is 2.82. The molecular weight excluding hydrogens is 331 g/mol. The van der Waals surface area contributed by atoms with Gasteiger partial charge in [0.2, 0.25) is 10.0 Å². The first-order chi connectivity index (χ1) is 9.87. The summed E-state index contributed by atoms with van der Waals surface area (Å²) in [6, 6.07) is 9.29. The smallest absolute Gasteiger partial charge is 0.208 e. The molecule has 0 bridgehead atoms. The predicted octanol–water partition coefficient (Wildman–Crippen LogP) is 3.40. The third-order valence-corrected chi connectivity index (χ3v) is 4.25. The molecule has 0 aliphatic carbocycles. The highest BCUT2D eigenvalue weighted by Crippen LogP contribution is 2.30. The Hall–Kier alpha value is -1.01. The number of aromatic nitrogens is 1. The van der Waals surface area contributed by atoms with Gasteiger partial charge in [-0.25, -0.2) is 13.1 Å². The fraction of sp³-hybridized carbons (Fsp3) is 0.286. The topological polar surface area (TPSA) is 51.1 Å². The van der Waals surface area contributed by atoms with E-state index < -0.39 is 10.0 Å². The molecule has 0 saturated carbocycles. The summed E-state index contributed by atoms with van der Waals surface area (Å²) in [7, 11) is -3.13. The molecule has 4 nitrogen and oxygen atoms in total. The van der Waals surface area contributed by atoms with Gasteiger partial charge in [0.1, 0.15) is 0 Å². The minimum atomic E-state index is -3.13. The summed E-state index contributed by atoms with van der Waals surface area (Å²) in [4.78, 5) is 0. The van der Waals surface area contributed by atoms with Gasteiger partial charge in [-0.05, 0) is 36.8 Å². The van der Waals surface area contributed by atoms with Gasteiger partial charge in [0.05, 0.1) is 11.3 Å². The van der Waals surface area contributed by atoms with Crippen molar-refractivity contribution >= 4 is 33.2 Å². The molecule has 21 heavy (non-hydrogen) atoms. The lowest BCUT2D eigenvalue weighted by molar-refractivity contribution is 0.576. The fourth-order valence-electron chi connectivity index (χ4n) is 2.06. The molecular formula is C14H16Cl2N2O2S. The Morgan fingerprint density at radius 3 is 2.67 bits per heavy atom. The van der Waals surface area contributed by atoms with Crippen LogP contribution in [0.3, 0.4) is 0 Å². The van der Waals surface area contributed by atoms with Crippen molar-refractivity contribution in [1.82, 2.24) is 9.29 Å². The molecule has 1 aromatic carbocycles. The van der Waals surface area contributed by atoms with Gasteiger partial charge in [-0.3, -0.25) is 0 Å². The highest BCUT2D eigenvalue weighted by molar-refractivity contribution is 7.88. The van der Waals surface area contributed by atoms with Crippen LogP contribution < -0.4 is 4.72 Å². The summed E-state index contributed by atoms with van der Waals surface area (Å²) in [6.07, 6.45) is 3.79. The standard InChI is InChI=1S/C14H16Cl2N2O2S/c1-21(19,20)17-7-3-9-18-8-2-4-14(18)12-6-5-11(15)10-13(12)16/h2,4-6,8,10,17H,3,7,9H2,1H3. The number of rotatable bonds is 6. The summed E-state index contributed by atoms with van der Waals surface area (Å²) in [5, 5.41) is 1.19. The van der Waals surface area contributed by atoms with Crippen molar-refractivity contribution in [3.8, 4) is 11.3 Å². The van der Waals surface area contributed by atoms with E-state index in [1.54, 1.807) is 12.1 Å². The number of benzene rings is 1. The van der Waals surface area contributed by atoms with Crippen molar-refractivity contribution in [1.29, 1.82) is 0 Å². The zero-order valence-corrected chi connectivity index (χ0v) is 13.8. The van der Waals surface area contributed by atoms with E-state index in [0.717, 1.165) is 17.5 Å². The Morgan fingerprint density at radius 2 is 2.00 bits per heavy atom. The van der Waals surface area contributed by atoms with Gasteiger partial charge < -0.3 is 4.57 Å². The van der Waals surface area contributed by atoms with Crippen LogP contribution in [0.2, 0.25) is 10.0 Å². The van der Waals surface area contributed by atoms with E-state index in [0.29, 0.717) is 29.6 Å². The number of nitrogens with zero attached hydrogens (tertiary/aromatic N) is 1. The third kappa shape index (κ3) is 4.74. The lowest BCUT2D eigenvalue weighted by Gasteiger charge is -2.11. The monoisotopic (exact) mass is 346 g/mol. The molecule has 2 rings (SSSR count). The Kier molecular flexibility index (Phi) is 5.32. The van der Waals surface area contributed by atoms with Crippen LogP contribution in [-0.2, 0) is 16.6 Å². The number of sulfonamides is 1. The maximum Gasteiger partial charge on any atom is 0.208 e. The molecule has 0 unspecified atom stereocenters. The van der Waals surface area contributed by atoms with Crippen LogP contribution in [-0.4, -0.2) is 25.8 Å². The molecule has 0 spiro atoms. The van der Waals surface area contributed by atoms with Crippen LogP contribution in [0.1, 0.15) is 6.42 Å². The first-order valence-corrected chi connectivity index (χ1v) is 9.07. The van der Waals surface area contributed by atoms with E-state index in [2.05, 4.69) is 4.72 Å². The first-order valence-electron chi connectivity index (χ1n) is 6.42. The van der Waals surface area contributed by atoms with Crippen molar-refractivity contribution in [3.63, 3.8) is 0 Å². The molecule has 1 aromatic heterocycles. The SMILES string of the molecule is CS(=O)(=O)NCCCn1cccc1-c1ccc(Cl)cc1Cl. The number of nitrogens with one attached hydrogen (secondary N) is 1. The van der Waals surface area contributed by atoms with Crippen molar-refractivity contribution in [2.24, 2.45) is 0 Å². The van der Waals surface area contributed by atoms with Crippen molar-refractivity contribution < 1.29 is 8.42 Å². The minimum absolute atomic E-state index is 0.408. The quantitative estimate of drug-likeness (QED) is 0.815. The number of aryl methyl sites for hydroxylation is 1. The summed E-state index contributed by atoms with van der Waals surface area (Å²) in [5.74, 6) is 0. The Morgan fingerprint density at radius 1 is 1.24 bits per heavy atom. The van der Waals surface area contributed by atoms with Gasteiger partial charge in [0.25, 0.3) is 0 Å². The molecule has 7 heteroatoms. The van der Waals surface area contributed by atoms with Crippen molar-refractivity contribution in [3.05, 3.63) is 46.6 Å². The highest BCUT2D eigenvalue weighted by Gasteiger charge is 2.09. The van der Waals surface area contributed by atoms with Crippen LogP contribution in [0.4, 0.5) is 0 Å². The van der Waals surface area contributed by atoms with Crippen LogP contribution >= 0.6 is 23.2 Å². The van der Waals surface area contributed by atoms with Crippen LogP contribution in [0.25, 0.3) is 11.3 Å². The molecule has 2 aromatic rings. The Balaban J connectivity index is 2.08. The number of halogens is 2. The fourth-order valence-corrected chi connectivity index (χ4v) is 3.08. The van der Waals surface area contributed by atoms with E-state index in [1.165, 1.54) is 0 Å². The predicted molar refractivity (Wildman–Crippen MR) is 87.4 cm³/mol. The normalized spacial score (nSPS) is 11.8. The Labute approximate surface area is 134 Å². The lowest BCUT2D eigenvalue weighted by Crippen LogP contribution is -2.23. The molecule has 114 valence electrons. The highest BCUT2D eigenvalue weighted by atomic mass is 35.5. The van der Waals surface area contributed by atoms with Crippen LogP contribution in [0.15, 0.2) is 36.5 Å². The molecule has 1 N–H and O–H groups in total. The van der Waals surface area contributed by atoms with Gasteiger partial charge >= 0.3 is 0 Å². The summed E-state index contributed by atoms with van der Waals surface area (Å²) in [5.41, 5.74) is 1.89. The van der Waals surface area contributed by atoms with Gasteiger partial charge in [-0.15, -0.1) is 0 Å². The van der Waals surface area contributed by atoms with E-state index in [-0.39, 0.29) is 0 Å². The zero-order chi connectivity index (χ0) is 15.5. The summed E-state index contributed by atoms with van der Waals surface area (Å²) < 4.78 is 26.5. The first kappa shape index (κ1) is 16.4. The molecule has 0 saturated heterocycles. The van der Waals surface area contributed by atoms with Gasteiger partial charge in [-0.2, -0.15) is 0 Å². The second-order valence-electron chi connectivity index (χ2n) is 4.73. The van der Waals surface area contributed by atoms with E-state index in [1.807, 2.05) is 29.0 Å². The van der Waals surface area contributed by atoms with Gasteiger partial charge in [0, 0.05) is 35.6 Å². The van der Waals surface area contributed by atoms with Crippen molar-refractivity contribution in [2.45, 2.75) is 13.0 Å². The molecule has 0 atom stereocenters. The maximum absolute atomic E-state index is 11.0. The molecule has 1 heterocycles. The van der Waals surface area contributed by atoms with Crippen molar-refractivity contribution in [2.75, 3.05) is 12.8 Å². The Bertz CT molecular complexity index is 726. The zero-order valence-electron chi connectivity index (χ0n) is 11.5. The molecule has 0 radical (unpaired) electrons. The minimum Gasteiger partial charge on any atom is -0.347 e. The third-order valence-electron chi connectivity index (χ3n) is 2.98. The molecule has 0 fully saturated rings. The second kappa shape index (κ2) is 6.83. The molecule has 0 aliphatic heterocycles. The maximum atomic E-state index is 11.0. The van der Waals surface area contributed by atoms with E-state index >= 15 is 0 Å². The molecule has 0 aliphatic rings. The van der Waals surface area contributed by atoms with E-state index in [4.69, 9.17) is 23.2 Å². The van der Waals surface area contributed by atoms with E-state index in [9.17, 15) is 8.42 Å². The van der Waals surface area contributed by atoms with Crippen LogP contribution in [0.5, 0.6) is 0 Å². The van der Waals surface area contributed by atoms with Gasteiger partial charge in [0.15, 0.2) is 0 Å². The molecule has 0 amide bonds. The number of hydrogen-bond donors (Lipinski definition) is 1. The van der Waals surface area contributed by atoms with Crippen LogP contribution in [0, 0.1) is 0 Å². The van der Waals surface area contributed by atoms with Gasteiger partial charge in [-0.1, -0.05) is 23.2 Å². The summed E-state index contributed by atoms with van der Waals surface area (Å²) in [6.45, 7) is 1.11. The second-order valence-corrected chi connectivity index (χ2v) is 7.41.